The van der Waals surface area contributed by atoms with Gasteiger partial charge in [0.2, 0.25) is 17.8 Å². The van der Waals surface area contributed by atoms with Crippen LogP contribution in [0.4, 0.5) is 17.5 Å². The molecule has 360 valence electrons. The first kappa shape index (κ1) is 46.7. The standard InChI is InChI=1S/C50H63N11O7/c1-4-37-45-57-56-31(2)60(45)39-29-51-50(55-44(39)59(37)30-32-14-9-8-10-15-32)53-36-19-18-33(28-41(36)67-3)46(63)52-34-22-25-58(26-23-34)24-11-6-5-7-12-27-68-40-17-13-16-35-43(40)49(66)61(48(35)65)38-20-21-42(62)54-47(38)64/h13,16-19,28-29,32,34,37-38H,4-12,14-15,20-27,30H2,1-3H3,(H,52,63)(H,51,53,55)(H,54,62,64). The summed E-state index contributed by atoms with van der Waals surface area (Å²) in [5.41, 5.74) is 2.47. The minimum absolute atomic E-state index is 0.0597. The van der Waals surface area contributed by atoms with Gasteiger partial charge in [0.15, 0.2) is 11.6 Å². The molecule has 0 radical (unpaired) electrons. The number of carbonyl (C=O) groups excluding carboxylic acids is 5. The van der Waals surface area contributed by atoms with Crippen LogP contribution in [0.5, 0.6) is 11.5 Å². The summed E-state index contributed by atoms with van der Waals surface area (Å²) >= 11 is 0. The summed E-state index contributed by atoms with van der Waals surface area (Å²) in [4.78, 5) is 79.7. The van der Waals surface area contributed by atoms with Gasteiger partial charge in [-0.05, 0) is 101 Å². The number of aryl methyl sites for hydroxylation is 1. The largest absolute Gasteiger partial charge is 0.495 e. The molecule has 0 spiro atoms. The van der Waals surface area contributed by atoms with Crippen LogP contribution in [0.1, 0.15) is 152 Å². The van der Waals surface area contributed by atoms with E-state index < -0.39 is 29.7 Å². The van der Waals surface area contributed by atoms with Crippen LogP contribution in [0.3, 0.4) is 0 Å². The van der Waals surface area contributed by atoms with E-state index in [0.717, 1.165) is 106 Å². The third-order valence-electron chi connectivity index (χ3n) is 14.3. The zero-order valence-corrected chi connectivity index (χ0v) is 39.4. The summed E-state index contributed by atoms with van der Waals surface area (Å²) in [6.07, 6.45) is 15.9. The lowest BCUT2D eigenvalue weighted by molar-refractivity contribution is -0.136. The minimum Gasteiger partial charge on any atom is -0.495 e. The summed E-state index contributed by atoms with van der Waals surface area (Å²) < 4.78 is 13.9. The lowest BCUT2D eigenvalue weighted by Crippen LogP contribution is -2.54. The summed E-state index contributed by atoms with van der Waals surface area (Å²) in [6, 6.07) is 9.48. The van der Waals surface area contributed by atoms with Crippen LogP contribution in [-0.2, 0) is 9.59 Å². The highest BCUT2D eigenvalue weighted by atomic mass is 16.5. The topological polar surface area (TPSA) is 206 Å². The van der Waals surface area contributed by atoms with Crippen molar-refractivity contribution in [1.82, 2.24) is 45.2 Å². The molecule has 5 aliphatic rings. The number of nitrogens with one attached hydrogen (secondary N) is 3. The van der Waals surface area contributed by atoms with Crippen LogP contribution >= 0.6 is 0 Å². The second kappa shape index (κ2) is 20.8. The van der Waals surface area contributed by atoms with Gasteiger partial charge in [-0.1, -0.05) is 51.5 Å². The van der Waals surface area contributed by atoms with Crippen molar-refractivity contribution in [2.24, 2.45) is 5.92 Å². The Kier molecular flexibility index (Phi) is 14.3. The Morgan fingerprint density at radius 3 is 2.47 bits per heavy atom. The molecule has 3 fully saturated rings. The van der Waals surface area contributed by atoms with Crippen LogP contribution < -0.4 is 30.3 Å². The zero-order valence-electron chi connectivity index (χ0n) is 39.4. The normalized spacial score (nSPS) is 19.9. The molecular weight excluding hydrogens is 867 g/mol. The fourth-order valence-corrected chi connectivity index (χ4v) is 10.6. The Morgan fingerprint density at radius 2 is 1.69 bits per heavy atom. The molecule has 6 heterocycles. The first-order chi connectivity index (χ1) is 33.1. The molecule has 0 bridgehead atoms. The molecule has 4 aromatic rings. The van der Waals surface area contributed by atoms with Crippen molar-refractivity contribution in [2.75, 3.05) is 50.1 Å². The first-order valence-electron chi connectivity index (χ1n) is 24.6. The Balaban J connectivity index is 0.706. The summed E-state index contributed by atoms with van der Waals surface area (Å²) in [5.74, 6) is 2.24. The molecule has 68 heavy (non-hydrogen) atoms. The SMILES string of the molecule is CCC1c2nnc(C)n2-c2cnc(Nc3ccc(C(=O)NC4CCN(CCCCCCCOc5cccc6c5C(=O)N(C5CCC(=O)NC5=O)C6=O)CC4)cc3OC)nc2N1CC1CCCCC1. The number of rotatable bonds is 18. The second-order valence-electron chi connectivity index (χ2n) is 18.8. The number of hydrogen-bond acceptors (Lipinski definition) is 14. The van der Waals surface area contributed by atoms with E-state index in [-0.39, 0.29) is 42.0 Å². The third-order valence-corrected chi connectivity index (χ3v) is 14.3. The number of nitrogens with zero attached hydrogens (tertiary/aromatic N) is 8. The van der Waals surface area contributed by atoms with E-state index in [4.69, 9.17) is 19.4 Å². The molecule has 2 saturated heterocycles. The van der Waals surface area contributed by atoms with Crippen molar-refractivity contribution in [3.8, 4) is 17.2 Å². The predicted molar refractivity (Wildman–Crippen MR) is 254 cm³/mol. The molecule has 4 aliphatic heterocycles. The smallest absolute Gasteiger partial charge is 0.266 e. The van der Waals surface area contributed by atoms with E-state index in [1.807, 2.05) is 25.3 Å². The second-order valence-corrected chi connectivity index (χ2v) is 18.8. The Bertz CT molecular complexity index is 2530. The van der Waals surface area contributed by atoms with Crippen molar-refractivity contribution in [1.29, 1.82) is 0 Å². The molecule has 18 heteroatoms. The molecule has 1 saturated carbocycles. The Hall–Kier alpha value is -6.43. The highest BCUT2D eigenvalue weighted by Crippen LogP contribution is 2.41. The van der Waals surface area contributed by atoms with Gasteiger partial charge in [-0.15, -0.1) is 10.2 Å². The highest BCUT2D eigenvalue weighted by molar-refractivity contribution is 6.24. The molecule has 2 unspecified atom stereocenters. The first-order valence-corrected chi connectivity index (χ1v) is 24.6. The number of likely N-dealkylation sites (tertiary alicyclic amines) is 1. The number of hydrogen-bond donors (Lipinski definition) is 3. The molecule has 2 atom stereocenters. The van der Waals surface area contributed by atoms with Crippen molar-refractivity contribution in [3.63, 3.8) is 0 Å². The van der Waals surface area contributed by atoms with Gasteiger partial charge < -0.3 is 29.9 Å². The number of piperidine rings is 2. The maximum Gasteiger partial charge on any atom is 0.266 e. The number of unbranched alkanes of at least 4 members (excludes halogenated alkanes) is 4. The van der Waals surface area contributed by atoms with E-state index in [1.54, 1.807) is 31.4 Å². The number of methoxy groups -OCH3 is 1. The molecule has 3 N–H and O–H groups in total. The molecule has 5 amide bonds. The lowest BCUT2D eigenvalue weighted by Gasteiger charge is -2.39. The van der Waals surface area contributed by atoms with Gasteiger partial charge in [0.1, 0.15) is 29.1 Å². The van der Waals surface area contributed by atoms with Crippen LogP contribution in [0.15, 0.2) is 42.6 Å². The number of carbonyl (C=O) groups is 5. The summed E-state index contributed by atoms with van der Waals surface area (Å²) in [6.45, 7) is 8.32. The molecule has 18 nitrogen and oxygen atoms in total. The summed E-state index contributed by atoms with van der Waals surface area (Å²) in [5, 5.41) is 17.9. The van der Waals surface area contributed by atoms with Gasteiger partial charge in [-0.25, -0.2) is 4.98 Å². The van der Waals surface area contributed by atoms with Crippen LogP contribution in [0, 0.1) is 12.8 Å². The molecule has 1 aliphatic carbocycles. The number of imide groups is 2. The summed E-state index contributed by atoms with van der Waals surface area (Å²) in [7, 11) is 1.60. The average molecular weight is 930 g/mol. The number of ether oxygens (including phenoxy) is 2. The van der Waals surface area contributed by atoms with Crippen LogP contribution in [0.2, 0.25) is 0 Å². The van der Waals surface area contributed by atoms with Crippen molar-refractivity contribution in [2.45, 2.75) is 128 Å². The lowest BCUT2D eigenvalue weighted by atomic mass is 9.88. The quantitative estimate of drug-likeness (QED) is 0.0711. The Labute approximate surface area is 396 Å². The number of fused-ring (bicyclic) bond motifs is 4. The van der Waals surface area contributed by atoms with Gasteiger partial charge in [0.25, 0.3) is 17.7 Å². The number of amides is 5. The molecular formula is C50H63N11O7. The van der Waals surface area contributed by atoms with E-state index in [1.165, 1.54) is 32.1 Å². The van der Waals surface area contributed by atoms with Crippen LogP contribution in [0.25, 0.3) is 5.69 Å². The number of benzene rings is 2. The monoisotopic (exact) mass is 929 g/mol. The fraction of sp³-hybridized carbons (Fsp3) is 0.540. The highest BCUT2D eigenvalue weighted by Gasteiger charge is 2.46. The minimum atomic E-state index is -1.01. The van der Waals surface area contributed by atoms with E-state index in [0.29, 0.717) is 41.2 Å². The fourth-order valence-electron chi connectivity index (χ4n) is 10.6. The van der Waals surface area contributed by atoms with E-state index in [2.05, 4.69) is 47.4 Å². The van der Waals surface area contributed by atoms with Crippen molar-refractivity contribution in [3.05, 3.63) is 70.9 Å². The third kappa shape index (κ3) is 9.78. The predicted octanol–water partition coefficient (Wildman–Crippen LogP) is 6.59. The van der Waals surface area contributed by atoms with E-state index >= 15 is 0 Å². The Morgan fingerprint density at radius 1 is 0.897 bits per heavy atom. The van der Waals surface area contributed by atoms with Gasteiger partial charge in [0.05, 0.1) is 42.8 Å². The molecule has 9 rings (SSSR count). The molecule has 2 aromatic heterocycles. The zero-order chi connectivity index (χ0) is 47.3. The van der Waals surface area contributed by atoms with Gasteiger partial charge in [-0.2, -0.15) is 4.98 Å². The van der Waals surface area contributed by atoms with Crippen molar-refractivity contribution < 1.29 is 33.4 Å². The van der Waals surface area contributed by atoms with Gasteiger partial charge >= 0.3 is 0 Å². The van der Waals surface area contributed by atoms with Gasteiger partial charge in [-0.3, -0.25) is 38.8 Å². The maximum atomic E-state index is 13.5. The average Bonchev–Trinajstić information content (AvgIpc) is 3.86. The van der Waals surface area contributed by atoms with Crippen molar-refractivity contribution >= 4 is 47.0 Å². The van der Waals surface area contributed by atoms with Crippen LogP contribution in [-0.4, -0.2) is 116 Å². The number of aromatic nitrogens is 5. The maximum absolute atomic E-state index is 13.5. The van der Waals surface area contributed by atoms with E-state index in [9.17, 15) is 24.0 Å². The number of anilines is 3. The van der Waals surface area contributed by atoms with Gasteiger partial charge in [0, 0.05) is 37.7 Å². The molecule has 2 aromatic carbocycles.